The van der Waals surface area contributed by atoms with Gasteiger partial charge in [-0.2, -0.15) is 0 Å². The third-order valence-corrected chi connectivity index (χ3v) is 6.66. The van der Waals surface area contributed by atoms with Crippen molar-refractivity contribution in [3.8, 4) is 5.75 Å². The molecule has 0 aliphatic heterocycles. The second-order valence-corrected chi connectivity index (χ2v) is 9.10. The minimum Gasteiger partial charge on any atom is -0.493 e. The largest absolute Gasteiger partial charge is 0.493 e. The van der Waals surface area contributed by atoms with Gasteiger partial charge in [0.2, 0.25) is 11.8 Å². The monoisotopic (exact) mass is 370 g/mol. The van der Waals surface area contributed by atoms with Crippen LogP contribution in [0.1, 0.15) is 56.9 Å². The number of hydrogen-bond donors (Lipinski definition) is 2. The van der Waals surface area contributed by atoms with E-state index < -0.39 is 0 Å². The summed E-state index contributed by atoms with van der Waals surface area (Å²) in [5, 5.41) is 0. The first kappa shape index (κ1) is 18.3. The Kier molecular flexibility index (Phi) is 5.11. The summed E-state index contributed by atoms with van der Waals surface area (Å²) in [6.45, 7) is 2.31. The van der Waals surface area contributed by atoms with Crippen LogP contribution >= 0.6 is 0 Å². The first-order valence-electron chi connectivity index (χ1n) is 10.3. The zero-order valence-electron chi connectivity index (χ0n) is 16.1. The summed E-state index contributed by atoms with van der Waals surface area (Å²) >= 11 is 0. The zero-order chi connectivity index (χ0) is 18.9. The smallest absolute Gasteiger partial charge is 0.241 e. The average molecular weight is 370 g/mol. The van der Waals surface area contributed by atoms with Gasteiger partial charge in [0.05, 0.1) is 13.0 Å². The lowest BCUT2D eigenvalue weighted by atomic mass is 9.49. The number of carbonyl (C=O) groups is 2. The molecule has 4 aliphatic carbocycles. The van der Waals surface area contributed by atoms with Crippen molar-refractivity contribution < 1.29 is 14.3 Å². The Labute approximate surface area is 161 Å². The van der Waals surface area contributed by atoms with E-state index in [2.05, 4.69) is 10.9 Å². The Morgan fingerprint density at radius 3 is 2.11 bits per heavy atom. The molecule has 27 heavy (non-hydrogen) atoms. The van der Waals surface area contributed by atoms with Crippen molar-refractivity contribution in [3.63, 3.8) is 0 Å². The molecule has 4 saturated carbocycles. The van der Waals surface area contributed by atoms with E-state index >= 15 is 0 Å². The fraction of sp³-hybridized carbons (Fsp3) is 0.636. The third-order valence-electron chi connectivity index (χ3n) is 6.66. The SMILES string of the molecule is Cc1ccc(OCCC(=O)NNC(=O)CC23CC4CC(CC(C4)C2)C3)cc1. The summed E-state index contributed by atoms with van der Waals surface area (Å²) in [5.74, 6) is 2.97. The van der Waals surface area contributed by atoms with E-state index in [1.165, 1.54) is 44.1 Å². The number of nitrogens with one attached hydrogen (secondary N) is 2. The Morgan fingerprint density at radius 2 is 1.52 bits per heavy atom. The van der Waals surface area contributed by atoms with E-state index in [1.54, 1.807) is 0 Å². The lowest BCUT2D eigenvalue weighted by Gasteiger charge is -2.56. The van der Waals surface area contributed by atoms with Gasteiger partial charge < -0.3 is 4.74 Å². The van der Waals surface area contributed by atoms with Gasteiger partial charge in [0, 0.05) is 6.42 Å². The van der Waals surface area contributed by atoms with E-state index in [4.69, 9.17) is 4.74 Å². The maximum atomic E-state index is 12.4. The molecule has 4 bridgehead atoms. The zero-order valence-corrected chi connectivity index (χ0v) is 16.1. The van der Waals surface area contributed by atoms with Crippen LogP contribution in [0, 0.1) is 30.1 Å². The average Bonchev–Trinajstić information content (AvgIpc) is 2.60. The van der Waals surface area contributed by atoms with Gasteiger partial charge in [-0.15, -0.1) is 0 Å². The van der Waals surface area contributed by atoms with Gasteiger partial charge >= 0.3 is 0 Å². The number of carbonyl (C=O) groups excluding carboxylic acids is 2. The predicted molar refractivity (Wildman–Crippen MR) is 103 cm³/mol. The van der Waals surface area contributed by atoms with Crippen LogP contribution < -0.4 is 15.6 Å². The van der Waals surface area contributed by atoms with Crippen molar-refractivity contribution in [2.24, 2.45) is 23.2 Å². The van der Waals surface area contributed by atoms with Crippen molar-refractivity contribution in [1.29, 1.82) is 0 Å². The van der Waals surface area contributed by atoms with Gasteiger partial charge in [-0.05, 0) is 80.8 Å². The number of aryl methyl sites for hydroxylation is 1. The molecule has 4 fully saturated rings. The normalized spacial score (nSPS) is 30.8. The summed E-state index contributed by atoms with van der Waals surface area (Å²) < 4.78 is 5.56. The van der Waals surface area contributed by atoms with Crippen LogP contribution in [-0.4, -0.2) is 18.4 Å². The van der Waals surface area contributed by atoms with Crippen LogP contribution in [0.5, 0.6) is 5.75 Å². The maximum Gasteiger partial charge on any atom is 0.241 e. The van der Waals surface area contributed by atoms with Crippen molar-refractivity contribution in [2.45, 2.75) is 58.3 Å². The van der Waals surface area contributed by atoms with E-state index in [9.17, 15) is 9.59 Å². The molecule has 0 radical (unpaired) electrons. The molecule has 0 spiro atoms. The van der Waals surface area contributed by atoms with Crippen molar-refractivity contribution in [3.05, 3.63) is 29.8 Å². The topological polar surface area (TPSA) is 67.4 Å². The second-order valence-electron chi connectivity index (χ2n) is 9.10. The molecule has 5 nitrogen and oxygen atoms in total. The molecule has 0 atom stereocenters. The van der Waals surface area contributed by atoms with Gasteiger partial charge in [-0.3, -0.25) is 20.4 Å². The highest BCUT2D eigenvalue weighted by atomic mass is 16.5. The fourth-order valence-corrected chi connectivity index (χ4v) is 5.99. The Hall–Kier alpha value is -2.04. The van der Waals surface area contributed by atoms with Crippen molar-refractivity contribution >= 4 is 11.8 Å². The molecular formula is C22H30N2O3. The second kappa shape index (κ2) is 7.53. The van der Waals surface area contributed by atoms with Gasteiger partial charge in [-0.25, -0.2) is 0 Å². The van der Waals surface area contributed by atoms with Crippen LogP contribution in [0.4, 0.5) is 0 Å². The highest BCUT2D eigenvalue weighted by molar-refractivity contribution is 5.82. The molecule has 2 amide bonds. The van der Waals surface area contributed by atoms with Crippen LogP contribution in [0.3, 0.4) is 0 Å². The van der Waals surface area contributed by atoms with E-state index in [0.29, 0.717) is 13.0 Å². The fourth-order valence-electron chi connectivity index (χ4n) is 5.99. The number of hydrazine groups is 1. The molecular weight excluding hydrogens is 340 g/mol. The maximum absolute atomic E-state index is 12.4. The van der Waals surface area contributed by atoms with Crippen LogP contribution in [0.15, 0.2) is 24.3 Å². The molecule has 1 aromatic rings. The number of amides is 2. The lowest BCUT2D eigenvalue weighted by molar-refractivity contribution is -0.134. The molecule has 0 unspecified atom stereocenters. The summed E-state index contributed by atoms with van der Waals surface area (Å²) in [5.41, 5.74) is 6.52. The standard InChI is InChI=1S/C22H30N2O3/c1-15-2-4-19(5-3-15)27-7-6-20(25)23-24-21(26)14-22-11-16-8-17(12-22)10-18(9-16)13-22/h2-5,16-18H,6-14H2,1H3,(H,23,25)(H,24,26). The minimum absolute atomic E-state index is 0.0512. The lowest BCUT2D eigenvalue weighted by Crippen LogP contribution is -2.50. The molecule has 0 aromatic heterocycles. The van der Waals surface area contributed by atoms with Crippen molar-refractivity contribution in [2.75, 3.05) is 6.61 Å². The van der Waals surface area contributed by atoms with E-state index in [-0.39, 0.29) is 23.7 Å². The molecule has 5 heteroatoms. The minimum atomic E-state index is -0.221. The van der Waals surface area contributed by atoms with E-state index in [1.807, 2.05) is 31.2 Å². The van der Waals surface area contributed by atoms with Gasteiger partial charge in [0.1, 0.15) is 5.75 Å². The first-order valence-corrected chi connectivity index (χ1v) is 10.3. The number of hydrogen-bond acceptors (Lipinski definition) is 3. The Morgan fingerprint density at radius 1 is 0.963 bits per heavy atom. The van der Waals surface area contributed by atoms with Gasteiger partial charge in [0.25, 0.3) is 0 Å². The molecule has 146 valence electrons. The van der Waals surface area contributed by atoms with Crippen LogP contribution in [-0.2, 0) is 9.59 Å². The number of ether oxygens (including phenoxy) is 1. The number of benzene rings is 1. The summed E-state index contributed by atoms with van der Waals surface area (Å²) in [7, 11) is 0. The Bertz CT molecular complexity index is 663. The van der Waals surface area contributed by atoms with Crippen molar-refractivity contribution in [1.82, 2.24) is 10.9 Å². The molecule has 0 saturated heterocycles. The third kappa shape index (κ3) is 4.45. The van der Waals surface area contributed by atoms with Crippen LogP contribution in [0.2, 0.25) is 0 Å². The summed E-state index contributed by atoms with van der Waals surface area (Å²) in [6.07, 6.45) is 8.48. The highest BCUT2D eigenvalue weighted by Gasteiger charge is 2.51. The van der Waals surface area contributed by atoms with Gasteiger partial charge in [0.15, 0.2) is 0 Å². The van der Waals surface area contributed by atoms with Crippen LogP contribution in [0.25, 0.3) is 0 Å². The Balaban J connectivity index is 1.17. The highest BCUT2D eigenvalue weighted by Crippen LogP contribution is 2.61. The quantitative estimate of drug-likeness (QED) is 0.753. The molecule has 2 N–H and O–H groups in total. The van der Waals surface area contributed by atoms with E-state index in [0.717, 1.165) is 23.5 Å². The molecule has 4 aliphatic rings. The number of rotatable bonds is 6. The first-order chi connectivity index (χ1) is 13.0. The predicted octanol–water partition coefficient (Wildman–Crippen LogP) is 3.52. The molecule has 0 heterocycles. The molecule has 1 aromatic carbocycles. The molecule has 5 rings (SSSR count). The summed E-state index contributed by atoms with van der Waals surface area (Å²) in [6, 6.07) is 7.72. The summed E-state index contributed by atoms with van der Waals surface area (Å²) in [4.78, 5) is 24.4. The van der Waals surface area contributed by atoms with Gasteiger partial charge in [-0.1, -0.05) is 17.7 Å².